The molecule has 2 aromatic carbocycles. The molecule has 0 aliphatic carbocycles. The van der Waals surface area contributed by atoms with E-state index in [0.717, 1.165) is 26.9 Å². The second-order valence-corrected chi connectivity index (χ2v) is 6.46. The Morgan fingerprint density at radius 2 is 1.80 bits per heavy atom. The van der Waals surface area contributed by atoms with Gasteiger partial charge in [-0.2, -0.15) is 0 Å². The predicted molar refractivity (Wildman–Crippen MR) is 91.6 cm³/mol. The van der Waals surface area contributed by atoms with E-state index in [1.807, 2.05) is 12.1 Å². The number of hydrogen-bond donors (Lipinski definition) is 1. The summed E-state index contributed by atoms with van der Waals surface area (Å²) in [4.78, 5) is 0. The Hall–Kier alpha value is -1.000. The first kappa shape index (κ1) is 15.4. The number of hydrogen-bond acceptors (Lipinski definition) is 2. The van der Waals surface area contributed by atoms with Gasteiger partial charge in [0.2, 0.25) is 0 Å². The lowest BCUT2D eigenvalue weighted by atomic mass is 10.1. The first-order valence-corrected chi connectivity index (χ1v) is 7.93. The minimum Gasteiger partial charge on any atom is -0.495 e. The van der Waals surface area contributed by atoms with Crippen LogP contribution in [-0.4, -0.2) is 7.11 Å². The van der Waals surface area contributed by atoms with E-state index in [1.54, 1.807) is 7.11 Å². The van der Waals surface area contributed by atoms with Crippen molar-refractivity contribution in [3.05, 3.63) is 56.0 Å². The maximum absolute atomic E-state index is 5.32. The largest absolute Gasteiger partial charge is 0.495 e. The van der Waals surface area contributed by atoms with Crippen LogP contribution in [0.5, 0.6) is 5.75 Å². The summed E-state index contributed by atoms with van der Waals surface area (Å²) >= 11 is 7.04. The summed E-state index contributed by atoms with van der Waals surface area (Å²) in [7, 11) is 1.67. The molecule has 0 saturated carbocycles. The van der Waals surface area contributed by atoms with Crippen LogP contribution in [0.3, 0.4) is 0 Å². The fraction of sp³-hybridized carbons (Fsp3) is 0.250. The molecule has 106 valence electrons. The molecule has 0 heterocycles. The number of methoxy groups -OCH3 is 1. The van der Waals surface area contributed by atoms with E-state index in [-0.39, 0.29) is 0 Å². The number of benzene rings is 2. The molecule has 0 aliphatic rings. The van der Waals surface area contributed by atoms with Crippen LogP contribution in [0.4, 0.5) is 5.69 Å². The first-order chi connectivity index (χ1) is 9.51. The average molecular weight is 399 g/mol. The highest BCUT2D eigenvalue weighted by Crippen LogP contribution is 2.34. The molecule has 2 nitrogen and oxygen atoms in total. The summed E-state index contributed by atoms with van der Waals surface area (Å²) in [5.41, 5.74) is 4.91. The summed E-state index contributed by atoms with van der Waals surface area (Å²) < 4.78 is 7.27. The Morgan fingerprint density at radius 3 is 2.45 bits per heavy atom. The van der Waals surface area contributed by atoms with Gasteiger partial charge in [0, 0.05) is 17.1 Å². The van der Waals surface area contributed by atoms with E-state index in [2.05, 4.69) is 69.2 Å². The number of rotatable bonds is 4. The van der Waals surface area contributed by atoms with Crippen molar-refractivity contribution in [3.8, 4) is 5.75 Å². The van der Waals surface area contributed by atoms with Gasteiger partial charge in [-0.15, -0.1) is 0 Å². The topological polar surface area (TPSA) is 21.3 Å². The van der Waals surface area contributed by atoms with Gasteiger partial charge in [0.05, 0.1) is 17.3 Å². The number of ether oxygens (including phenoxy) is 1. The molecule has 2 aromatic rings. The molecule has 0 aliphatic heterocycles. The minimum atomic E-state index is 0.787. The SMILES string of the molecule is COc1cc(NCc2ccc(C)cc2C)c(Br)cc1Br. The van der Waals surface area contributed by atoms with E-state index < -0.39 is 0 Å². The van der Waals surface area contributed by atoms with Gasteiger partial charge >= 0.3 is 0 Å². The lowest BCUT2D eigenvalue weighted by Gasteiger charge is -2.13. The highest BCUT2D eigenvalue weighted by Gasteiger charge is 2.07. The van der Waals surface area contributed by atoms with Gasteiger partial charge in [0.25, 0.3) is 0 Å². The average Bonchev–Trinajstić information content (AvgIpc) is 2.39. The lowest BCUT2D eigenvalue weighted by Crippen LogP contribution is -2.02. The van der Waals surface area contributed by atoms with Gasteiger partial charge in [0.15, 0.2) is 0 Å². The van der Waals surface area contributed by atoms with Gasteiger partial charge in [-0.1, -0.05) is 23.8 Å². The summed E-state index contributed by atoms with van der Waals surface area (Å²) in [5.74, 6) is 0.816. The fourth-order valence-electron chi connectivity index (χ4n) is 2.06. The van der Waals surface area contributed by atoms with Crippen molar-refractivity contribution in [2.45, 2.75) is 20.4 Å². The van der Waals surface area contributed by atoms with Gasteiger partial charge in [-0.25, -0.2) is 0 Å². The number of anilines is 1. The molecule has 0 saturated heterocycles. The molecule has 0 bridgehead atoms. The molecule has 0 amide bonds. The molecular formula is C16H17Br2NO. The fourth-order valence-corrected chi connectivity index (χ4v) is 3.35. The predicted octanol–water partition coefficient (Wildman–Crippen LogP) is 5.45. The normalized spacial score (nSPS) is 10.4. The zero-order chi connectivity index (χ0) is 14.7. The van der Waals surface area contributed by atoms with E-state index in [4.69, 9.17) is 4.74 Å². The highest BCUT2D eigenvalue weighted by atomic mass is 79.9. The monoisotopic (exact) mass is 397 g/mol. The van der Waals surface area contributed by atoms with Gasteiger partial charge in [0.1, 0.15) is 5.75 Å². The summed E-state index contributed by atoms with van der Waals surface area (Å²) in [6, 6.07) is 10.5. The van der Waals surface area contributed by atoms with Crippen LogP contribution in [0.15, 0.2) is 39.3 Å². The van der Waals surface area contributed by atoms with E-state index >= 15 is 0 Å². The molecule has 0 unspecified atom stereocenters. The van der Waals surface area contributed by atoms with E-state index in [9.17, 15) is 0 Å². The summed E-state index contributed by atoms with van der Waals surface area (Å²) in [6.45, 7) is 5.04. The third-order valence-electron chi connectivity index (χ3n) is 3.21. The van der Waals surface area contributed by atoms with E-state index in [0.29, 0.717) is 0 Å². The second kappa shape index (κ2) is 6.64. The maximum Gasteiger partial charge on any atom is 0.135 e. The third kappa shape index (κ3) is 3.55. The molecule has 2 rings (SSSR count). The summed E-state index contributed by atoms with van der Waals surface area (Å²) in [5, 5.41) is 3.44. The molecule has 0 aromatic heterocycles. The van der Waals surface area contributed by atoms with Crippen LogP contribution < -0.4 is 10.1 Å². The summed E-state index contributed by atoms with van der Waals surface area (Å²) in [6.07, 6.45) is 0. The van der Waals surface area contributed by atoms with Crippen molar-refractivity contribution in [2.24, 2.45) is 0 Å². The van der Waals surface area contributed by atoms with Crippen LogP contribution in [0, 0.1) is 13.8 Å². The molecule has 4 heteroatoms. The van der Waals surface area contributed by atoms with Crippen LogP contribution in [0.25, 0.3) is 0 Å². The van der Waals surface area contributed by atoms with Crippen molar-refractivity contribution in [1.82, 2.24) is 0 Å². The number of aryl methyl sites for hydroxylation is 2. The number of halogens is 2. The number of nitrogens with one attached hydrogen (secondary N) is 1. The standard InChI is InChI=1S/C16H17Br2NO/c1-10-4-5-12(11(2)6-10)9-19-15-8-16(20-3)14(18)7-13(15)17/h4-8,19H,9H2,1-3H3. The molecule has 0 spiro atoms. The first-order valence-electron chi connectivity index (χ1n) is 6.34. The van der Waals surface area contributed by atoms with Crippen molar-refractivity contribution in [2.75, 3.05) is 12.4 Å². The zero-order valence-corrected chi connectivity index (χ0v) is 14.9. The van der Waals surface area contributed by atoms with Gasteiger partial charge in [-0.3, -0.25) is 0 Å². The smallest absolute Gasteiger partial charge is 0.135 e. The Kier molecular flexibility index (Phi) is 5.11. The molecule has 1 N–H and O–H groups in total. The molecule has 0 fully saturated rings. The quantitative estimate of drug-likeness (QED) is 0.739. The van der Waals surface area contributed by atoms with Crippen LogP contribution >= 0.6 is 31.9 Å². The Bertz CT molecular complexity index is 626. The van der Waals surface area contributed by atoms with Crippen molar-refractivity contribution < 1.29 is 4.74 Å². The van der Waals surface area contributed by atoms with Crippen molar-refractivity contribution >= 4 is 37.5 Å². The second-order valence-electron chi connectivity index (χ2n) is 4.75. The minimum absolute atomic E-state index is 0.787. The van der Waals surface area contributed by atoms with Crippen LogP contribution in [-0.2, 0) is 6.54 Å². The third-order valence-corrected chi connectivity index (χ3v) is 4.48. The highest BCUT2D eigenvalue weighted by molar-refractivity contribution is 9.11. The molecular weight excluding hydrogens is 382 g/mol. The van der Waals surface area contributed by atoms with Crippen LogP contribution in [0.2, 0.25) is 0 Å². The molecule has 0 atom stereocenters. The van der Waals surface area contributed by atoms with Crippen LogP contribution in [0.1, 0.15) is 16.7 Å². The molecule has 0 radical (unpaired) electrons. The molecule has 20 heavy (non-hydrogen) atoms. The Balaban J connectivity index is 2.18. The van der Waals surface area contributed by atoms with Crippen molar-refractivity contribution in [1.29, 1.82) is 0 Å². The lowest BCUT2D eigenvalue weighted by molar-refractivity contribution is 0.412. The Morgan fingerprint density at radius 1 is 1.05 bits per heavy atom. The van der Waals surface area contributed by atoms with Gasteiger partial charge in [-0.05, 0) is 62.9 Å². The van der Waals surface area contributed by atoms with Crippen molar-refractivity contribution in [3.63, 3.8) is 0 Å². The van der Waals surface area contributed by atoms with Gasteiger partial charge < -0.3 is 10.1 Å². The maximum atomic E-state index is 5.32. The Labute approximate surface area is 136 Å². The zero-order valence-electron chi connectivity index (χ0n) is 11.8. The van der Waals surface area contributed by atoms with E-state index in [1.165, 1.54) is 16.7 Å².